The van der Waals surface area contributed by atoms with Gasteiger partial charge in [0.2, 0.25) is 0 Å². The molecule has 1 radical (unpaired) electrons. The van der Waals surface area contributed by atoms with E-state index in [4.69, 9.17) is 23.5 Å². The van der Waals surface area contributed by atoms with Crippen LogP contribution in [-0.2, 0) is 37.4 Å². The second kappa shape index (κ2) is 4.69. The van der Waals surface area contributed by atoms with E-state index in [2.05, 4.69) is 6.92 Å². The number of nitrogens with zero attached hydrogens (tertiary/aromatic N) is 1. The van der Waals surface area contributed by atoms with E-state index in [0.29, 0.717) is 6.54 Å². The Morgan fingerprint density at radius 1 is 1.64 bits per heavy atom. The number of hydrogen-bond acceptors (Lipinski definition) is 2. The van der Waals surface area contributed by atoms with Gasteiger partial charge in [-0.3, -0.25) is 0 Å². The van der Waals surface area contributed by atoms with Gasteiger partial charge in [-0.1, -0.05) is 12.2 Å². The zero-order valence-corrected chi connectivity index (χ0v) is 11.8. The second-order valence-electron chi connectivity index (χ2n) is 3.71. The summed E-state index contributed by atoms with van der Waals surface area (Å²) in [6.45, 7) is 11.9. The van der Waals surface area contributed by atoms with Crippen LogP contribution in [0.5, 0.6) is 0 Å². The molecule has 0 saturated carbocycles. The number of allylic oxidation sites excluding steroid dienone is 1. The van der Waals surface area contributed by atoms with E-state index in [9.17, 15) is 0 Å². The number of ether oxygens (including phenoxy) is 1. The molecule has 2 aliphatic rings. The summed E-state index contributed by atoms with van der Waals surface area (Å²) in [5, 5.41) is 0. The van der Waals surface area contributed by atoms with Crippen molar-refractivity contribution in [2.75, 3.05) is 19.8 Å². The fourth-order valence-electron chi connectivity index (χ4n) is 2.09. The number of hydrogen-bond donors (Lipinski definition) is 0. The van der Waals surface area contributed by atoms with Crippen LogP contribution < -0.4 is 0 Å². The molecule has 2 fully saturated rings. The van der Waals surface area contributed by atoms with Gasteiger partial charge in [-0.05, 0) is 12.8 Å². The van der Waals surface area contributed by atoms with Crippen LogP contribution in [0, 0.1) is 18.9 Å². The quantitative estimate of drug-likeness (QED) is 0.536. The van der Waals surface area contributed by atoms with Crippen LogP contribution in [0.4, 0.5) is 0 Å². The molecule has 2 saturated heterocycles. The minimum atomic E-state index is 0. The monoisotopic (exact) mass is 284 g/mol. The van der Waals surface area contributed by atoms with Crippen LogP contribution in [-0.4, -0.2) is 29.6 Å². The first-order valence-electron chi connectivity index (χ1n) is 4.50. The van der Waals surface area contributed by atoms with Crippen molar-refractivity contribution < 1.29 is 37.4 Å². The molecule has 4 heteroatoms. The van der Waals surface area contributed by atoms with Crippen molar-refractivity contribution in [2.45, 2.75) is 12.8 Å². The minimum absolute atomic E-state index is 0. The van der Waals surface area contributed by atoms with Gasteiger partial charge in [0.25, 0.3) is 0 Å². The van der Waals surface area contributed by atoms with Crippen LogP contribution >= 0.6 is 12.2 Å². The van der Waals surface area contributed by atoms with E-state index in [1.807, 2.05) is 4.90 Å². The maximum absolute atomic E-state index is 5.89. The smallest absolute Gasteiger partial charge is 0.0860 e. The summed E-state index contributed by atoms with van der Waals surface area (Å²) in [4.78, 5) is 2.86. The fourth-order valence-corrected chi connectivity index (χ4v) is 2.54. The van der Waals surface area contributed by atoms with Gasteiger partial charge < -0.3 is 23.1 Å². The first kappa shape index (κ1) is 12.8. The zero-order chi connectivity index (χ0) is 9.47. The Labute approximate surface area is 116 Å². The SMILES string of the molecule is [CH-]=C1CC2(CCOC2)C(=S)N1C[CH2-].[Y]. The van der Waals surface area contributed by atoms with Crippen molar-refractivity contribution in [1.82, 2.24) is 4.90 Å². The molecule has 2 nitrogen and oxygen atoms in total. The molecule has 1 atom stereocenters. The predicted molar refractivity (Wildman–Crippen MR) is 55.0 cm³/mol. The van der Waals surface area contributed by atoms with E-state index >= 15 is 0 Å². The van der Waals surface area contributed by atoms with Crippen LogP contribution in [0.2, 0.25) is 0 Å². The molecule has 0 N–H and O–H groups in total. The molecule has 0 aromatic carbocycles. The Morgan fingerprint density at radius 2 is 2.36 bits per heavy atom. The Morgan fingerprint density at radius 3 is 2.79 bits per heavy atom. The Hall–Kier alpha value is 0.694. The molecule has 0 amide bonds. The van der Waals surface area contributed by atoms with E-state index in [1.54, 1.807) is 0 Å². The van der Waals surface area contributed by atoms with Gasteiger partial charge in [0.05, 0.1) is 11.6 Å². The molecule has 0 aromatic rings. The molecule has 75 valence electrons. The van der Waals surface area contributed by atoms with Gasteiger partial charge in [-0.2, -0.15) is 5.70 Å². The summed E-state index contributed by atoms with van der Waals surface area (Å²) >= 11 is 5.39. The van der Waals surface area contributed by atoms with Crippen LogP contribution in [0.15, 0.2) is 5.70 Å². The average Bonchev–Trinajstić information content (AvgIpc) is 2.62. The Kier molecular flexibility index (Phi) is 4.27. The standard InChI is InChI=1S/C10H13NOS.Y/c1-3-11-8(2)6-10(9(11)13)4-5-12-7-10;/h2H,1,3-7H2;/q-2;. The number of thiocarbonyl (C=S) groups is 1. The molecular weight excluding hydrogens is 271 g/mol. The van der Waals surface area contributed by atoms with Crippen molar-refractivity contribution in [2.24, 2.45) is 5.41 Å². The second-order valence-corrected chi connectivity index (χ2v) is 4.09. The van der Waals surface area contributed by atoms with Gasteiger partial charge in [0, 0.05) is 44.7 Å². The zero-order valence-electron chi connectivity index (χ0n) is 8.16. The third-order valence-electron chi connectivity index (χ3n) is 2.89. The summed E-state index contributed by atoms with van der Waals surface area (Å²) in [7, 11) is 0. The molecule has 1 unspecified atom stereocenters. The third-order valence-corrected chi connectivity index (χ3v) is 3.55. The molecule has 2 rings (SSSR count). The van der Waals surface area contributed by atoms with E-state index in [-0.39, 0.29) is 38.1 Å². The summed E-state index contributed by atoms with van der Waals surface area (Å²) in [6, 6.07) is 0. The molecule has 0 aromatic heterocycles. The first-order chi connectivity index (χ1) is 6.19. The molecule has 2 heterocycles. The molecule has 14 heavy (non-hydrogen) atoms. The summed E-state index contributed by atoms with van der Waals surface area (Å²) < 4.78 is 5.39. The van der Waals surface area contributed by atoms with Gasteiger partial charge in [-0.25, -0.2) is 0 Å². The van der Waals surface area contributed by atoms with Crippen molar-refractivity contribution in [3.8, 4) is 0 Å². The molecular formula is C10H13NOSY-2. The maximum atomic E-state index is 5.89. The van der Waals surface area contributed by atoms with Gasteiger partial charge in [0.15, 0.2) is 0 Å². The predicted octanol–water partition coefficient (Wildman–Crippen LogP) is 1.57. The summed E-state index contributed by atoms with van der Waals surface area (Å²) in [5.74, 6) is 0. The van der Waals surface area contributed by atoms with Crippen molar-refractivity contribution >= 4 is 17.2 Å². The number of rotatable bonds is 1. The molecule has 1 spiro atoms. The van der Waals surface area contributed by atoms with Crippen LogP contribution in [0.3, 0.4) is 0 Å². The summed E-state index contributed by atoms with van der Waals surface area (Å²) in [5.41, 5.74) is 0.877. The third kappa shape index (κ3) is 1.84. The Balaban J connectivity index is 0.000000980. The van der Waals surface area contributed by atoms with E-state index < -0.39 is 0 Å². The fraction of sp³-hybridized carbons (Fsp3) is 0.600. The van der Waals surface area contributed by atoms with Crippen LogP contribution in [0.25, 0.3) is 0 Å². The minimum Gasteiger partial charge on any atom is -0.493 e. The topological polar surface area (TPSA) is 12.5 Å². The van der Waals surface area contributed by atoms with Gasteiger partial charge >= 0.3 is 0 Å². The largest absolute Gasteiger partial charge is 0.493 e. The van der Waals surface area contributed by atoms with Gasteiger partial charge in [-0.15, -0.1) is 6.54 Å². The van der Waals surface area contributed by atoms with Crippen molar-refractivity contribution in [3.05, 3.63) is 19.2 Å². The Bertz CT molecular complexity index is 261. The molecule has 2 aliphatic heterocycles. The van der Waals surface area contributed by atoms with Crippen molar-refractivity contribution in [1.29, 1.82) is 0 Å². The van der Waals surface area contributed by atoms with Crippen LogP contribution in [0.1, 0.15) is 12.8 Å². The van der Waals surface area contributed by atoms with Gasteiger partial charge in [0.1, 0.15) is 0 Å². The normalized spacial score (nSPS) is 31.4. The molecule has 0 bridgehead atoms. The first-order valence-corrected chi connectivity index (χ1v) is 4.91. The van der Waals surface area contributed by atoms with E-state index in [0.717, 1.165) is 36.7 Å². The van der Waals surface area contributed by atoms with E-state index in [1.165, 1.54) is 0 Å². The molecule has 0 aliphatic carbocycles. The van der Waals surface area contributed by atoms with Crippen molar-refractivity contribution in [3.63, 3.8) is 0 Å². The number of likely N-dealkylation sites (tertiary alicyclic amines) is 1. The summed E-state index contributed by atoms with van der Waals surface area (Å²) in [6.07, 6.45) is 1.85. The average molecular weight is 284 g/mol. The maximum Gasteiger partial charge on any atom is 0.0860 e.